The highest BCUT2D eigenvalue weighted by Gasteiger charge is 2.48. The van der Waals surface area contributed by atoms with E-state index in [1.807, 2.05) is 0 Å². The summed E-state index contributed by atoms with van der Waals surface area (Å²) < 4.78 is 0. The molecule has 2 aliphatic rings. The molecule has 1 heterocycles. The van der Waals surface area contributed by atoms with Crippen LogP contribution in [0, 0.1) is 5.92 Å². The maximum absolute atomic E-state index is 5.80. The predicted molar refractivity (Wildman–Crippen MR) is 83.1 cm³/mol. The van der Waals surface area contributed by atoms with Crippen molar-refractivity contribution in [3.8, 4) is 0 Å². The van der Waals surface area contributed by atoms with Gasteiger partial charge in [0.2, 0.25) is 0 Å². The smallest absolute Gasteiger partial charge is 0.139 e. The molecular weight excluding hydrogens is 258 g/mol. The number of hydrogen-bond donors (Lipinski definition) is 1. The number of fused-ring (bicyclic) bond motifs is 1. The molecule has 1 unspecified atom stereocenters. The van der Waals surface area contributed by atoms with E-state index in [1.165, 1.54) is 29.7 Å². The minimum atomic E-state index is 0.0843. The van der Waals surface area contributed by atoms with Gasteiger partial charge in [-0.05, 0) is 55.7 Å². The van der Waals surface area contributed by atoms with Gasteiger partial charge in [0.25, 0.3) is 0 Å². The van der Waals surface area contributed by atoms with Crippen molar-refractivity contribution in [3.63, 3.8) is 0 Å². The summed E-state index contributed by atoms with van der Waals surface area (Å²) in [6.45, 7) is 0.773. The molecule has 4 rings (SSSR count). The Kier molecular flexibility index (Phi) is 3.03. The molecule has 1 saturated carbocycles. The van der Waals surface area contributed by atoms with E-state index < -0.39 is 0 Å². The van der Waals surface area contributed by atoms with Gasteiger partial charge in [-0.2, -0.15) is 0 Å². The molecule has 3 nitrogen and oxygen atoms in total. The summed E-state index contributed by atoms with van der Waals surface area (Å²) >= 11 is 0. The normalized spacial score (nSPS) is 22.6. The quantitative estimate of drug-likeness (QED) is 0.939. The summed E-state index contributed by atoms with van der Waals surface area (Å²) in [6, 6.07) is 10.7. The van der Waals surface area contributed by atoms with E-state index in [0.717, 1.165) is 31.6 Å². The molecule has 0 bridgehead atoms. The topological polar surface area (TPSA) is 51.8 Å². The van der Waals surface area contributed by atoms with E-state index in [9.17, 15) is 0 Å². The molecule has 2 aliphatic carbocycles. The molecule has 1 aromatic heterocycles. The fourth-order valence-corrected chi connectivity index (χ4v) is 3.54. The average Bonchev–Trinajstić information content (AvgIpc) is 3.36. The maximum atomic E-state index is 5.80. The van der Waals surface area contributed by atoms with E-state index >= 15 is 0 Å². The van der Waals surface area contributed by atoms with E-state index in [4.69, 9.17) is 15.7 Å². The highest BCUT2D eigenvalue weighted by Crippen LogP contribution is 2.52. The summed E-state index contributed by atoms with van der Waals surface area (Å²) in [5.41, 5.74) is 9.82. The molecule has 0 aliphatic heterocycles. The van der Waals surface area contributed by atoms with Gasteiger partial charge in [0.15, 0.2) is 0 Å². The largest absolute Gasteiger partial charge is 0.330 e. The molecular formula is C18H21N3. The zero-order chi connectivity index (χ0) is 14.3. The van der Waals surface area contributed by atoms with Crippen molar-refractivity contribution in [2.45, 2.75) is 37.5 Å². The Hall–Kier alpha value is -1.74. The number of aryl methyl sites for hydroxylation is 1. The minimum Gasteiger partial charge on any atom is -0.330 e. The molecule has 0 radical (unpaired) electrons. The van der Waals surface area contributed by atoms with Gasteiger partial charge in [0, 0.05) is 11.9 Å². The van der Waals surface area contributed by atoms with Crippen molar-refractivity contribution in [2.75, 3.05) is 6.54 Å². The molecule has 108 valence electrons. The van der Waals surface area contributed by atoms with Crippen LogP contribution in [0.4, 0.5) is 0 Å². The first-order valence-electron chi connectivity index (χ1n) is 7.93. The lowest BCUT2D eigenvalue weighted by molar-refractivity contribution is 0.459. The Balaban J connectivity index is 1.69. The molecule has 0 amide bonds. The second kappa shape index (κ2) is 4.92. The fourth-order valence-electron chi connectivity index (χ4n) is 3.54. The Morgan fingerprint density at radius 1 is 1.19 bits per heavy atom. The Morgan fingerprint density at radius 2 is 2.00 bits per heavy atom. The zero-order valence-corrected chi connectivity index (χ0v) is 12.3. The summed E-state index contributed by atoms with van der Waals surface area (Å²) in [4.78, 5) is 9.66. The standard InChI is InChI=1S/C18H21N3/c19-11-13-6-7-16-14(10-13)12-20-17(21-16)18(8-9-18)15-4-2-1-3-5-15/h1-5,12-13H,6-11,19H2. The number of nitrogens with two attached hydrogens (primary N) is 1. The molecule has 21 heavy (non-hydrogen) atoms. The van der Waals surface area contributed by atoms with Crippen LogP contribution < -0.4 is 5.73 Å². The second-order valence-corrected chi connectivity index (χ2v) is 6.46. The van der Waals surface area contributed by atoms with Crippen LogP contribution in [0.1, 0.15) is 41.9 Å². The third-order valence-corrected chi connectivity index (χ3v) is 5.09. The van der Waals surface area contributed by atoms with Crippen LogP contribution >= 0.6 is 0 Å². The Morgan fingerprint density at radius 3 is 2.71 bits per heavy atom. The van der Waals surface area contributed by atoms with Crippen molar-refractivity contribution in [2.24, 2.45) is 11.7 Å². The molecule has 1 fully saturated rings. The SMILES string of the molecule is NCC1CCc2nc(C3(c4ccccc4)CC3)ncc2C1. The Bertz CT molecular complexity index is 647. The van der Waals surface area contributed by atoms with Gasteiger partial charge in [-0.1, -0.05) is 30.3 Å². The van der Waals surface area contributed by atoms with Crippen LogP contribution in [0.25, 0.3) is 0 Å². The molecule has 1 aromatic carbocycles. The van der Waals surface area contributed by atoms with Gasteiger partial charge >= 0.3 is 0 Å². The van der Waals surface area contributed by atoms with Crippen LogP contribution in [0.15, 0.2) is 36.5 Å². The first-order valence-corrected chi connectivity index (χ1v) is 7.93. The summed E-state index contributed by atoms with van der Waals surface area (Å²) in [6.07, 6.45) is 7.66. The number of rotatable bonds is 3. The van der Waals surface area contributed by atoms with Crippen molar-refractivity contribution in [1.29, 1.82) is 0 Å². The monoisotopic (exact) mass is 279 g/mol. The van der Waals surface area contributed by atoms with Gasteiger partial charge in [-0.3, -0.25) is 0 Å². The van der Waals surface area contributed by atoms with E-state index in [0.29, 0.717) is 5.92 Å². The van der Waals surface area contributed by atoms with Gasteiger partial charge < -0.3 is 5.73 Å². The van der Waals surface area contributed by atoms with Crippen molar-refractivity contribution >= 4 is 0 Å². The molecule has 2 aromatic rings. The van der Waals surface area contributed by atoms with Crippen LogP contribution in [-0.4, -0.2) is 16.5 Å². The highest BCUT2D eigenvalue weighted by atomic mass is 14.9. The van der Waals surface area contributed by atoms with Crippen molar-refractivity contribution in [3.05, 3.63) is 59.2 Å². The molecule has 0 spiro atoms. The number of aromatic nitrogens is 2. The zero-order valence-electron chi connectivity index (χ0n) is 12.3. The lowest BCUT2D eigenvalue weighted by Crippen LogP contribution is -2.24. The highest BCUT2D eigenvalue weighted by molar-refractivity contribution is 5.40. The van der Waals surface area contributed by atoms with E-state index in [2.05, 4.69) is 36.5 Å². The van der Waals surface area contributed by atoms with Crippen molar-refractivity contribution in [1.82, 2.24) is 9.97 Å². The first-order chi connectivity index (χ1) is 10.3. The maximum Gasteiger partial charge on any atom is 0.139 e. The van der Waals surface area contributed by atoms with Gasteiger partial charge in [-0.25, -0.2) is 9.97 Å². The lowest BCUT2D eigenvalue weighted by Gasteiger charge is -2.24. The summed E-state index contributed by atoms with van der Waals surface area (Å²) in [5.74, 6) is 1.63. The predicted octanol–water partition coefficient (Wildman–Crippen LogP) is 2.62. The Labute approximate surface area is 125 Å². The van der Waals surface area contributed by atoms with Gasteiger partial charge in [0.05, 0.1) is 5.41 Å². The average molecular weight is 279 g/mol. The number of benzene rings is 1. The van der Waals surface area contributed by atoms with Crippen LogP contribution in [0.3, 0.4) is 0 Å². The van der Waals surface area contributed by atoms with Crippen LogP contribution in [0.2, 0.25) is 0 Å². The first kappa shape index (κ1) is 13.0. The third-order valence-electron chi connectivity index (χ3n) is 5.09. The summed E-state index contributed by atoms with van der Waals surface area (Å²) in [7, 11) is 0. The van der Waals surface area contributed by atoms with E-state index in [1.54, 1.807) is 0 Å². The molecule has 2 N–H and O–H groups in total. The fraction of sp³-hybridized carbons (Fsp3) is 0.444. The third kappa shape index (κ3) is 2.16. The molecule has 1 atom stereocenters. The van der Waals surface area contributed by atoms with Crippen LogP contribution in [0.5, 0.6) is 0 Å². The molecule has 0 saturated heterocycles. The van der Waals surface area contributed by atoms with Gasteiger partial charge in [-0.15, -0.1) is 0 Å². The van der Waals surface area contributed by atoms with Crippen LogP contribution in [-0.2, 0) is 18.3 Å². The van der Waals surface area contributed by atoms with E-state index in [-0.39, 0.29) is 5.41 Å². The summed E-state index contributed by atoms with van der Waals surface area (Å²) in [5, 5.41) is 0. The van der Waals surface area contributed by atoms with Gasteiger partial charge in [0.1, 0.15) is 5.82 Å². The number of nitrogens with zero attached hydrogens (tertiary/aromatic N) is 2. The number of hydrogen-bond acceptors (Lipinski definition) is 3. The lowest BCUT2D eigenvalue weighted by atomic mass is 9.87. The minimum absolute atomic E-state index is 0.0843. The van der Waals surface area contributed by atoms with Crippen molar-refractivity contribution < 1.29 is 0 Å². The second-order valence-electron chi connectivity index (χ2n) is 6.46. The molecule has 3 heteroatoms.